The Morgan fingerprint density at radius 1 is 1.07 bits per heavy atom. The number of phenolic OH excluding ortho intramolecular Hbond substituents is 1. The Labute approximate surface area is 160 Å². The van der Waals surface area contributed by atoms with Crippen LogP contribution in [0.5, 0.6) is 5.75 Å². The molecule has 4 rings (SSSR count). The van der Waals surface area contributed by atoms with E-state index in [1.165, 1.54) is 24.0 Å². The van der Waals surface area contributed by atoms with Crippen molar-refractivity contribution in [3.63, 3.8) is 0 Å². The first-order chi connectivity index (χ1) is 13.3. The SMILES string of the molecule is Oc1cccc(CN2CCCC(NCc3cnn(-c4ccccc4)c3)C2)c1. The molecular formula is C22H26N4O. The Bertz CT molecular complexity index is 862. The van der Waals surface area contributed by atoms with Gasteiger partial charge in [0.15, 0.2) is 0 Å². The topological polar surface area (TPSA) is 53.3 Å². The molecule has 1 unspecified atom stereocenters. The van der Waals surface area contributed by atoms with Gasteiger partial charge < -0.3 is 10.4 Å². The quantitative estimate of drug-likeness (QED) is 0.706. The van der Waals surface area contributed by atoms with Gasteiger partial charge in [0.1, 0.15) is 5.75 Å². The van der Waals surface area contributed by atoms with Crippen molar-refractivity contribution in [2.75, 3.05) is 13.1 Å². The van der Waals surface area contributed by atoms with E-state index in [9.17, 15) is 5.11 Å². The zero-order valence-corrected chi connectivity index (χ0v) is 15.5. The number of benzene rings is 2. The summed E-state index contributed by atoms with van der Waals surface area (Å²) in [6.07, 6.45) is 6.42. The fraction of sp³-hybridized carbons (Fsp3) is 0.318. The zero-order valence-electron chi connectivity index (χ0n) is 15.5. The van der Waals surface area contributed by atoms with Crippen LogP contribution in [0.1, 0.15) is 24.0 Å². The second-order valence-corrected chi connectivity index (χ2v) is 7.25. The van der Waals surface area contributed by atoms with Gasteiger partial charge in [0.2, 0.25) is 0 Å². The summed E-state index contributed by atoms with van der Waals surface area (Å²) in [6.45, 7) is 3.86. The minimum atomic E-state index is 0.342. The van der Waals surface area contributed by atoms with E-state index in [2.05, 4.69) is 39.7 Å². The highest BCUT2D eigenvalue weighted by Crippen LogP contribution is 2.17. The van der Waals surface area contributed by atoms with Crippen molar-refractivity contribution < 1.29 is 5.11 Å². The largest absolute Gasteiger partial charge is 0.508 e. The van der Waals surface area contributed by atoms with Gasteiger partial charge in [-0.1, -0.05) is 30.3 Å². The van der Waals surface area contributed by atoms with Gasteiger partial charge in [-0.3, -0.25) is 4.90 Å². The van der Waals surface area contributed by atoms with E-state index < -0.39 is 0 Å². The van der Waals surface area contributed by atoms with Crippen molar-refractivity contribution in [2.24, 2.45) is 0 Å². The standard InChI is InChI=1S/C22H26N4O/c27-22-10-4-6-18(12-22)15-25-11-5-7-20(17-25)23-13-19-14-24-26(16-19)21-8-2-1-3-9-21/h1-4,6,8-10,12,14,16,20,23,27H,5,7,11,13,15,17H2. The Morgan fingerprint density at radius 3 is 2.81 bits per heavy atom. The van der Waals surface area contributed by atoms with Gasteiger partial charge in [-0.15, -0.1) is 0 Å². The van der Waals surface area contributed by atoms with Crippen LogP contribution in [0.15, 0.2) is 67.0 Å². The minimum absolute atomic E-state index is 0.342. The molecule has 0 spiro atoms. The number of rotatable bonds is 6. The van der Waals surface area contributed by atoms with Gasteiger partial charge in [-0.25, -0.2) is 4.68 Å². The molecule has 5 heteroatoms. The summed E-state index contributed by atoms with van der Waals surface area (Å²) in [5, 5.41) is 17.8. The lowest BCUT2D eigenvalue weighted by Crippen LogP contribution is -2.44. The molecule has 2 heterocycles. The number of likely N-dealkylation sites (tertiary alicyclic amines) is 1. The van der Waals surface area contributed by atoms with Gasteiger partial charge in [0.05, 0.1) is 11.9 Å². The van der Waals surface area contributed by atoms with Crippen molar-refractivity contribution in [1.29, 1.82) is 0 Å². The molecule has 27 heavy (non-hydrogen) atoms. The van der Waals surface area contributed by atoms with Crippen LogP contribution >= 0.6 is 0 Å². The first-order valence-electron chi connectivity index (χ1n) is 9.59. The van der Waals surface area contributed by atoms with E-state index in [4.69, 9.17) is 0 Å². The summed E-state index contributed by atoms with van der Waals surface area (Å²) in [6, 6.07) is 18.2. The Balaban J connectivity index is 1.30. The smallest absolute Gasteiger partial charge is 0.115 e. The van der Waals surface area contributed by atoms with Gasteiger partial charge in [-0.05, 0) is 49.2 Å². The summed E-state index contributed by atoms with van der Waals surface area (Å²) in [7, 11) is 0. The average molecular weight is 362 g/mol. The van der Waals surface area contributed by atoms with E-state index in [-0.39, 0.29) is 0 Å². The molecule has 1 fully saturated rings. The Morgan fingerprint density at radius 2 is 1.96 bits per heavy atom. The zero-order chi connectivity index (χ0) is 18.5. The number of para-hydroxylation sites is 1. The van der Waals surface area contributed by atoms with E-state index in [0.29, 0.717) is 11.8 Å². The van der Waals surface area contributed by atoms with Gasteiger partial charge in [0, 0.05) is 37.4 Å². The minimum Gasteiger partial charge on any atom is -0.508 e. The van der Waals surface area contributed by atoms with E-state index in [0.717, 1.165) is 31.9 Å². The molecule has 2 N–H and O–H groups in total. The van der Waals surface area contributed by atoms with Crippen LogP contribution in [0.25, 0.3) is 5.69 Å². The van der Waals surface area contributed by atoms with Gasteiger partial charge >= 0.3 is 0 Å². The summed E-state index contributed by atoms with van der Waals surface area (Å²) in [4.78, 5) is 2.46. The van der Waals surface area contributed by atoms with Crippen molar-refractivity contribution in [3.8, 4) is 11.4 Å². The molecule has 1 saturated heterocycles. The molecule has 0 aliphatic carbocycles. The number of nitrogens with one attached hydrogen (secondary N) is 1. The van der Waals surface area contributed by atoms with Crippen molar-refractivity contribution >= 4 is 0 Å². The number of hydrogen-bond donors (Lipinski definition) is 2. The fourth-order valence-electron chi connectivity index (χ4n) is 3.71. The van der Waals surface area contributed by atoms with E-state index in [1.54, 1.807) is 6.07 Å². The molecule has 0 radical (unpaired) electrons. The lowest BCUT2D eigenvalue weighted by Gasteiger charge is -2.33. The first-order valence-corrected chi connectivity index (χ1v) is 9.59. The maximum absolute atomic E-state index is 9.65. The summed E-state index contributed by atoms with van der Waals surface area (Å²) < 4.78 is 1.92. The number of hydrogen-bond acceptors (Lipinski definition) is 4. The number of aromatic nitrogens is 2. The molecule has 0 amide bonds. The van der Waals surface area contributed by atoms with E-state index in [1.807, 2.05) is 41.2 Å². The number of aromatic hydroxyl groups is 1. The molecule has 1 aliphatic heterocycles. The molecule has 0 saturated carbocycles. The van der Waals surface area contributed by atoms with Crippen LogP contribution in [0.4, 0.5) is 0 Å². The predicted octanol–water partition coefficient (Wildman–Crippen LogP) is 3.33. The molecule has 2 aromatic carbocycles. The normalized spacial score (nSPS) is 17.9. The van der Waals surface area contributed by atoms with Crippen molar-refractivity contribution in [3.05, 3.63) is 78.1 Å². The monoisotopic (exact) mass is 362 g/mol. The van der Waals surface area contributed by atoms with Crippen LogP contribution in [-0.4, -0.2) is 38.9 Å². The van der Waals surface area contributed by atoms with Crippen LogP contribution < -0.4 is 5.32 Å². The molecule has 1 aromatic heterocycles. The molecule has 0 bridgehead atoms. The summed E-state index contributed by atoms with van der Waals surface area (Å²) in [5.41, 5.74) is 3.45. The molecule has 3 aromatic rings. The third kappa shape index (κ3) is 4.76. The highest BCUT2D eigenvalue weighted by Gasteiger charge is 2.19. The lowest BCUT2D eigenvalue weighted by molar-refractivity contribution is 0.182. The van der Waals surface area contributed by atoms with E-state index >= 15 is 0 Å². The molecule has 140 valence electrons. The molecule has 1 atom stereocenters. The Hall–Kier alpha value is -2.63. The molecular weight excluding hydrogens is 336 g/mol. The van der Waals surface area contributed by atoms with Crippen LogP contribution in [0, 0.1) is 0 Å². The third-order valence-electron chi connectivity index (χ3n) is 5.07. The van der Waals surface area contributed by atoms with Crippen LogP contribution in [-0.2, 0) is 13.1 Å². The molecule has 1 aliphatic rings. The average Bonchev–Trinajstić information content (AvgIpc) is 3.17. The third-order valence-corrected chi connectivity index (χ3v) is 5.07. The van der Waals surface area contributed by atoms with Crippen LogP contribution in [0.2, 0.25) is 0 Å². The predicted molar refractivity (Wildman–Crippen MR) is 107 cm³/mol. The second-order valence-electron chi connectivity index (χ2n) is 7.25. The lowest BCUT2D eigenvalue weighted by atomic mass is 10.0. The summed E-state index contributed by atoms with van der Waals surface area (Å²) in [5.74, 6) is 0.342. The van der Waals surface area contributed by atoms with Crippen LogP contribution in [0.3, 0.4) is 0 Å². The Kier molecular flexibility index (Phi) is 5.51. The first kappa shape index (κ1) is 17.8. The molecule has 5 nitrogen and oxygen atoms in total. The van der Waals surface area contributed by atoms with Crippen molar-refractivity contribution in [1.82, 2.24) is 20.0 Å². The number of piperidine rings is 1. The van der Waals surface area contributed by atoms with Gasteiger partial charge in [0.25, 0.3) is 0 Å². The van der Waals surface area contributed by atoms with Gasteiger partial charge in [-0.2, -0.15) is 5.10 Å². The fourth-order valence-corrected chi connectivity index (χ4v) is 3.71. The highest BCUT2D eigenvalue weighted by molar-refractivity contribution is 5.31. The highest BCUT2D eigenvalue weighted by atomic mass is 16.3. The maximum atomic E-state index is 9.65. The summed E-state index contributed by atoms with van der Waals surface area (Å²) >= 11 is 0. The maximum Gasteiger partial charge on any atom is 0.115 e. The second kappa shape index (κ2) is 8.37. The number of nitrogens with zero attached hydrogens (tertiary/aromatic N) is 3. The number of phenols is 1. The van der Waals surface area contributed by atoms with Crippen molar-refractivity contribution in [2.45, 2.75) is 32.0 Å².